The van der Waals surface area contributed by atoms with Crippen molar-refractivity contribution in [1.82, 2.24) is 4.98 Å². The van der Waals surface area contributed by atoms with E-state index in [0.717, 1.165) is 12.1 Å². The van der Waals surface area contributed by atoms with Crippen LogP contribution in [0.15, 0.2) is 12.1 Å². The summed E-state index contributed by atoms with van der Waals surface area (Å²) in [5.41, 5.74) is -1.08. The second kappa shape index (κ2) is 5.49. The number of hydrogen-bond donors (Lipinski definition) is 2. The maximum absolute atomic E-state index is 12.0. The number of halogens is 3. The summed E-state index contributed by atoms with van der Waals surface area (Å²) >= 11 is 0. The molecule has 0 aliphatic carbocycles. The molecule has 0 aliphatic heterocycles. The molecule has 102 valence electrons. The number of nitrogens with zero attached hydrogens (tertiary/aromatic N) is 3. The van der Waals surface area contributed by atoms with Gasteiger partial charge in [-0.15, -0.1) is 0 Å². The van der Waals surface area contributed by atoms with Crippen molar-refractivity contribution in [2.75, 3.05) is 11.9 Å². The monoisotopic (exact) mass is 276 g/mol. The van der Waals surface area contributed by atoms with Gasteiger partial charge in [-0.3, -0.25) is 10.1 Å². The van der Waals surface area contributed by atoms with Gasteiger partial charge in [0.1, 0.15) is 11.9 Å². The molecule has 0 spiro atoms. The summed E-state index contributed by atoms with van der Waals surface area (Å²) in [6, 6.07) is 3.44. The molecule has 0 aromatic carbocycles. The molecule has 0 saturated carbocycles. The molecular formula is C9H7F3N4O3. The molecule has 0 aliphatic rings. The third kappa shape index (κ3) is 3.78. The fourth-order valence-corrected chi connectivity index (χ4v) is 1.10. The zero-order valence-corrected chi connectivity index (χ0v) is 9.18. The van der Waals surface area contributed by atoms with Gasteiger partial charge in [-0.25, -0.2) is 4.98 Å². The standard InChI is InChI=1S/C9H7F3N4O3/c10-9(11,12)7(17)4-14-8-2-1-6(16(18)19)5(3-13)15-8/h1-2,7,17H,4H2,(H,14,15). The lowest BCUT2D eigenvalue weighted by Gasteiger charge is -2.15. The van der Waals surface area contributed by atoms with Gasteiger partial charge in [0.05, 0.1) is 11.5 Å². The Kier molecular flexibility index (Phi) is 4.23. The summed E-state index contributed by atoms with van der Waals surface area (Å²) < 4.78 is 36.0. The summed E-state index contributed by atoms with van der Waals surface area (Å²) in [7, 11) is 0. The summed E-state index contributed by atoms with van der Waals surface area (Å²) in [4.78, 5) is 13.1. The summed E-state index contributed by atoms with van der Waals surface area (Å²) in [5.74, 6) is -0.176. The predicted molar refractivity (Wildman–Crippen MR) is 56.2 cm³/mol. The molecule has 1 rings (SSSR count). The Balaban J connectivity index is 2.82. The summed E-state index contributed by atoms with van der Waals surface area (Å²) in [5, 5.41) is 30.0. The van der Waals surface area contributed by atoms with E-state index >= 15 is 0 Å². The summed E-state index contributed by atoms with van der Waals surface area (Å²) in [6.45, 7) is -0.876. The number of nitrogens with one attached hydrogen (secondary N) is 1. The highest BCUT2D eigenvalue weighted by Gasteiger charge is 2.37. The van der Waals surface area contributed by atoms with Crippen LogP contribution in [0.4, 0.5) is 24.7 Å². The van der Waals surface area contributed by atoms with Crippen molar-refractivity contribution in [2.45, 2.75) is 12.3 Å². The van der Waals surface area contributed by atoms with Gasteiger partial charge >= 0.3 is 11.9 Å². The van der Waals surface area contributed by atoms with Crippen molar-refractivity contribution < 1.29 is 23.2 Å². The van der Waals surface area contributed by atoms with Crippen molar-refractivity contribution in [1.29, 1.82) is 5.26 Å². The SMILES string of the molecule is N#Cc1nc(NCC(O)C(F)(F)F)ccc1[N+](=O)[O-]. The number of alkyl halides is 3. The van der Waals surface area contributed by atoms with Gasteiger partial charge in [0.25, 0.3) is 0 Å². The van der Waals surface area contributed by atoms with Gasteiger partial charge < -0.3 is 10.4 Å². The first-order chi connectivity index (χ1) is 8.75. The van der Waals surface area contributed by atoms with E-state index in [-0.39, 0.29) is 5.82 Å². The first kappa shape index (κ1) is 14.7. The van der Waals surface area contributed by atoms with Crippen molar-refractivity contribution in [3.05, 3.63) is 27.9 Å². The third-order valence-electron chi connectivity index (χ3n) is 2.03. The van der Waals surface area contributed by atoms with Crippen LogP contribution >= 0.6 is 0 Å². The minimum atomic E-state index is -4.79. The predicted octanol–water partition coefficient (Wildman–Crippen LogP) is 1.20. The van der Waals surface area contributed by atoms with E-state index in [1.807, 2.05) is 0 Å². The van der Waals surface area contributed by atoms with Crippen LogP contribution in [0.1, 0.15) is 5.69 Å². The average Bonchev–Trinajstić information content (AvgIpc) is 2.33. The molecule has 1 aromatic heterocycles. The Labute approximate surface area is 104 Å². The van der Waals surface area contributed by atoms with Gasteiger partial charge in [-0.1, -0.05) is 0 Å². The average molecular weight is 276 g/mol. The number of aliphatic hydroxyl groups excluding tert-OH is 1. The largest absolute Gasteiger partial charge is 0.416 e. The summed E-state index contributed by atoms with van der Waals surface area (Å²) in [6.07, 6.45) is -7.39. The second-order valence-electron chi connectivity index (χ2n) is 3.37. The van der Waals surface area contributed by atoms with Gasteiger partial charge in [0, 0.05) is 6.07 Å². The van der Waals surface area contributed by atoms with Crippen LogP contribution in [-0.2, 0) is 0 Å². The van der Waals surface area contributed by atoms with Crippen molar-refractivity contribution in [3.63, 3.8) is 0 Å². The van der Waals surface area contributed by atoms with Gasteiger partial charge in [-0.05, 0) is 6.07 Å². The number of rotatable bonds is 4. The quantitative estimate of drug-likeness (QED) is 0.631. The Hall–Kier alpha value is -2.41. The van der Waals surface area contributed by atoms with Crippen LogP contribution in [0.2, 0.25) is 0 Å². The van der Waals surface area contributed by atoms with Gasteiger partial charge in [0.2, 0.25) is 5.69 Å². The first-order valence-corrected chi connectivity index (χ1v) is 4.80. The molecular weight excluding hydrogens is 269 g/mol. The lowest BCUT2D eigenvalue weighted by Crippen LogP contribution is -2.35. The lowest BCUT2D eigenvalue weighted by molar-refractivity contribution is -0.385. The third-order valence-corrected chi connectivity index (χ3v) is 2.03. The maximum atomic E-state index is 12.0. The van der Waals surface area contributed by atoms with Crippen molar-refractivity contribution in [2.24, 2.45) is 0 Å². The molecule has 0 radical (unpaired) electrons. The number of anilines is 1. The molecule has 2 N–H and O–H groups in total. The topological polar surface area (TPSA) is 112 Å². The molecule has 10 heteroatoms. The molecule has 0 saturated heterocycles. The Bertz CT molecular complexity index is 526. The number of aromatic nitrogens is 1. The zero-order chi connectivity index (χ0) is 14.6. The smallest absolute Gasteiger partial charge is 0.382 e. The molecule has 1 atom stereocenters. The number of aliphatic hydroxyl groups is 1. The maximum Gasteiger partial charge on any atom is 0.416 e. The van der Waals surface area contributed by atoms with E-state index < -0.39 is 35.1 Å². The lowest BCUT2D eigenvalue weighted by atomic mass is 10.3. The molecule has 1 heterocycles. The molecule has 0 bridgehead atoms. The first-order valence-electron chi connectivity index (χ1n) is 4.80. The minimum absolute atomic E-state index is 0.176. The van der Waals surface area contributed by atoms with Crippen LogP contribution in [0.5, 0.6) is 0 Å². The van der Waals surface area contributed by atoms with Crippen molar-refractivity contribution >= 4 is 11.5 Å². The molecule has 19 heavy (non-hydrogen) atoms. The molecule has 7 nitrogen and oxygen atoms in total. The molecule has 1 aromatic rings. The fourth-order valence-electron chi connectivity index (χ4n) is 1.10. The molecule has 0 fully saturated rings. The molecule has 1 unspecified atom stereocenters. The van der Waals surface area contributed by atoms with Crippen LogP contribution < -0.4 is 5.32 Å². The van der Waals surface area contributed by atoms with E-state index in [0.29, 0.717) is 0 Å². The number of hydrogen-bond acceptors (Lipinski definition) is 6. The Morgan fingerprint density at radius 2 is 2.21 bits per heavy atom. The number of nitriles is 1. The van der Waals surface area contributed by atoms with Crippen LogP contribution in [0.25, 0.3) is 0 Å². The fraction of sp³-hybridized carbons (Fsp3) is 0.333. The normalized spacial score (nSPS) is 12.6. The van der Waals surface area contributed by atoms with Crippen LogP contribution in [0, 0.1) is 21.4 Å². The highest BCUT2D eigenvalue weighted by Crippen LogP contribution is 2.21. The second-order valence-corrected chi connectivity index (χ2v) is 3.37. The highest BCUT2D eigenvalue weighted by atomic mass is 19.4. The minimum Gasteiger partial charge on any atom is -0.382 e. The van der Waals surface area contributed by atoms with Gasteiger partial charge in [0.15, 0.2) is 6.10 Å². The van der Waals surface area contributed by atoms with Crippen molar-refractivity contribution in [3.8, 4) is 6.07 Å². The molecule has 0 amide bonds. The van der Waals surface area contributed by atoms with E-state index in [9.17, 15) is 23.3 Å². The number of pyridine rings is 1. The Morgan fingerprint density at radius 3 is 2.68 bits per heavy atom. The Morgan fingerprint density at radius 1 is 1.58 bits per heavy atom. The van der Waals surface area contributed by atoms with E-state index in [1.54, 1.807) is 0 Å². The zero-order valence-electron chi connectivity index (χ0n) is 9.18. The van der Waals surface area contributed by atoms with Crippen LogP contribution in [-0.4, -0.2) is 33.8 Å². The van der Waals surface area contributed by atoms with Gasteiger partial charge in [-0.2, -0.15) is 18.4 Å². The van der Waals surface area contributed by atoms with Crippen LogP contribution in [0.3, 0.4) is 0 Å². The van der Waals surface area contributed by atoms with E-state index in [2.05, 4.69) is 10.3 Å². The van der Waals surface area contributed by atoms with E-state index in [4.69, 9.17) is 10.4 Å². The highest BCUT2D eigenvalue weighted by molar-refractivity contribution is 5.50. The number of nitro groups is 1. The van der Waals surface area contributed by atoms with E-state index in [1.165, 1.54) is 6.07 Å².